The summed E-state index contributed by atoms with van der Waals surface area (Å²) in [6.45, 7) is 4.49. The first kappa shape index (κ1) is 17.3. The minimum atomic E-state index is -0.257. The Bertz CT molecular complexity index is 704. The molecule has 0 radical (unpaired) electrons. The van der Waals surface area contributed by atoms with Crippen molar-refractivity contribution in [3.63, 3.8) is 0 Å². The SMILES string of the molecule is CCCOc1c(Br)cc(C(=O)Nc2ncccc2C)cc1OC. The van der Waals surface area contributed by atoms with E-state index in [-0.39, 0.29) is 5.91 Å². The Kier molecular flexibility index (Phi) is 5.98. The number of ether oxygens (including phenoxy) is 2. The fourth-order valence-corrected chi connectivity index (χ4v) is 2.55. The summed E-state index contributed by atoms with van der Waals surface area (Å²) in [5.74, 6) is 1.39. The Balaban J connectivity index is 2.27. The molecule has 1 aromatic heterocycles. The molecule has 122 valence electrons. The number of aryl methyl sites for hydroxylation is 1. The molecule has 0 atom stereocenters. The zero-order chi connectivity index (χ0) is 16.8. The molecule has 2 rings (SSSR count). The first-order valence-electron chi connectivity index (χ1n) is 7.30. The van der Waals surface area contributed by atoms with Crippen LogP contribution >= 0.6 is 15.9 Å². The van der Waals surface area contributed by atoms with Gasteiger partial charge in [0.2, 0.25) is 0 Å². The molecule has 2 aromatic rings. The highest BCUT2D eigenvalue weighted by atomic mass is 79.9. The van der Waals surface area contributed by atoms with Crippen molar-refractivity contribution in [3.05, 3.63) is 46.1 Å². The van der Waals surface area contributed by atoms with Crippen molar-refractivity contribution in [1.82, 2.24) is 4.98 Å². The standard InChI is InChI=1S/C17H19BrN2O3/c1-4-8-23-15-13(18)9-12(10-14(15)22-3)17(21)20-16-11(2)6-5-7-19-16/h5-7,9-10H,4,8H2,1-3H3,(H,19,20,21). The summed E-state index contributed by atoms with van der Waals surface area (Å²) in [6, 6.07) is 7.08. The van der Waals surface area contributed by atoms with E-state index in [1.807, 2.05) is 26.0 Å². The molecule has 0 fully saturated rings. The Morgan fingerprint density at radius 1 is 1.39 bits per heavy atom. The molecular formula is C17H19BrN2O3. The number of aromatic nitrogens is 1. The Hall–Kier alpha value is -2.08. The Morgan fingerprint density at radius 2 is 2.17 bits per heavy atom. The van der Waals surface area contributed by atoms with E-state index in [0.717, 1.165) is 12.0 Å². The van der Waals surface area contributed by atoms with Gasteiger partial charge in [-0.2, -0.15) is 0 Å². The maximum Gasteiger partial charge on any atom is 0.257 e. The topological polar surface area (TPSA) is 60.5 Å². The summed E-state index contributed by atoms with van der Waals surface area (Å²) in [7, 11) is 1.55. The van der Waals surface area contributed by atoms with E-state index in [2.05, 4.69) is 26.2 Å². The van der Waals surface area contributed by atoms with Gasteiger partial charge in [0.15, 0.2) is 11.5 Å². The van der Waals surface area contributed by atoms with Crippen LogP contribution in [0.15, 0.2) is 34.9 Å². The molecule has 23 heavy (non-hydrogen) atoms. The molecule has 0 saturated carbocycles. The van der Waals surface area contributed by atoms with Gasteiger partial charge < -0.3 is 14.8 Å². The number of anilines is 1. The zero-order valence-electron chi connectivity index (χ0n) is 13.4. The maximum atomic E-state index is 12.4. The van der Waals surface area contributed by atoms with E-state index in [4.69, 9.17) is 9.47 Å². The summed E-state index contributed by atoms with van der Waals surface area (Å²) >= 11 is 3.44. The van der Waals surface area contributed by atoms with Gasteiger partial charge in [0.1, 0.15) is 5.82 Å². The lowest BCUT2D eigenvalue weighted by molar-refractivity contribution is 0.102. The van der Waals surface area contributed by atoms with Gasteiger partial charge in [0.25, 0.3) is 5.91 Å². The van der Waals surface area contributed by atoms with Crippen molar-refractivity contribution < 1.29 is 14.3 Å². The minimum Gasteiger partial charge on any atom is -0.493 e. The molecule has 0 saturated heterocycles. The van der Waals surface area contributed by atoms with E-state index >= 15 is 0 Å². The lowest BCUT2D eigenvalue weighted by Crippen LogP contribution is -2.14. The smallest absolute Gasteiger partial charge is 0.257 e. The van der Waals surface area contributed by atoms with Gasteiger partial charge in [-0.3, -0.25) is 4.79 Å². The molecule has 0 aliphatic heterocycles. The fraction of sp³-hybridized carbons (Fsp3) is 0.294. The molecule has 5 nitrogen and oxygen atoms in total. The monoisotopic (exact) mass is 378 g/mol. The number of nitrogens with zero attached hydrogens (tertiary/aromatic N) is 1. The third-order valence-corrected chi connectivity index (χ3v) is 3.77. The van der Waals surface area contributed by atoms with E-state index in [1.165, 1.54) is 0 Å². The molecular weight excluding hydrogens is 360 g/mol. The van der Waals surface area contributed by atoms with Crippen molar-refractivity contribution in [2.45, 2.75) is 20.3 Å². The van der Waals surface area contributed by atoms with Gasteiger partial charge in [-0.15, -0.1) is 0 Å². The van der Waals surface area contributed by atoms with Gasteiger partial charge >= 0.3 is 0 Å². The van der Waals surface area contributed by atoms with Crippen molar-refractivity contribution in [1.29, 1.82) is 0 Å². The average molecular weight is 379 g/mol. The normalized spacial score (nSPS) is 10.3. The van der Waals surface area contributed by atoms with E-state index in [1.54, 1.807) is 25.4 Å². The number of nitrogens with one attached hydrogen (secondary N) is 1. The number of pyridine rings is 1. The Morgan fingerprint density at radius 3 is 2.83 bits per heavy atom. The van der Waals surface area contributed by atoms with Crippen LogP contribution in [0.3, 0.4) is 0 Å². The van der Waals surface area contributed by atoms with Crippen LogP contribution in [-0.2, 0) is 0 Å². The number of carbonyl (C=O) groups excluding carboxylic acids is 1. The van der Waals surface area contributed by atoms with Gasteiger partial charge in [-0.1, -0.05) is 13.0 Å². The largest absolute Gasteiger partial charge is 0.493 e. The maximum absolute atomic E-state index is 12.4. The molecule has 1 N–H and O–H groups in total. The van der Waals surface area contributed by atoms with Gasteiger partial charge in [-0.05, 0) is 53.0 Å². The molecule has 0 aliphatic carbocycles. The number of halogens is 1. The lowest BCUT2D eigenvalue weighted by atomic mass is 10.2. The van der Waals surface area contributed by atoms with Crippen LogP contribution in [0.1, 0.15) is 29.3 Å². The Labute approximate surface area is 144 Å². The third kappa shape index (κ3) is 4.22. The molecule has 0 spiro atoms. The minimum absolute atomic E-state index is 0.257. The van der Waals surface area contributed by atoms with Crippen molar-refractivity contribution in [2.75, 3.05) is 19.0 Å². The average Bonchev–Trinajstić information content (AvgIpc) is 2.55. The van der Waals surface area contributed by atoms with E-state index in [0.29, 0.717) is 34.0 Å². The number of hydrogen-bond donors (Lipinski definition) is 1. The highest BCUT2D eigenvalue weighted by Crippen LogP contribution is 2.37. The molecule has 0 aliphatic rings. The molecule has 1 amide bonds. The second-order valence-electron chi connectivity index (χ2n) is 4.96. The predicted molar refractivity (Wildman–Crippen MR) is 93.4 cm³/mol. The number of hydrogen-bond acceptors (Lipinski definition) is 4. The van der Waals surface area contributed by atoms with Crippen LogP contribution in [0.5, 0.6) is 11.5 Å². The summed E-state index contributed by atoms with van der Waals surface area (Å²) in [6.07, 6.45) is 2.53. The van der Waals surface area contributed by atoms with E-state index in [9.17, 15) is 4.79 Å². The molecule has 1 heterocycles. The quantitative estimate of drug-likeness (QED) is 0.817. The zero-order valence-corrected chi connectivity index (χ0v) is 14.9. The second-order valence-corrected chi connectivity index (χ2v) is 5.82. The van der Waals surface area contributed by atoms with Crippen LogP contribution in [0.2, 0.25) is 0 Å². The van der Waals surface area contributed by atoms with Crippen LogP contribution in [0, 0.1) is 6.92 Å². The summed E-state index contributed by atoms with van der Waals surface area (Å²) in [5, 5.41) is 2.80. The second kappa shape index (κ2) is 7.97. The lowest BCUT2D eigenvalue weighted by Gasteiger charge is -2.14. The van der Waals surface area contributed by atoms with Crippen LogP contribution in [0.25, 0.3) is 0 Å². The molecule has 0 bridgehead atoms. The first-order valence-corrected chi connectivity index (χ1v) is 8.09. The van der Waals surface area contributed by atoms with Crippen molar-refractivity contribution in [3.8, 4) is 11.5 Å². The number of methoxy groups -OCH3 is 1. The number of carbonyl (C=O) groups is 1. The van der Waals surface area contributed by atoms with Crippen LogP contribution in [-0.4, -0.2) is 24.6 Å². The summed E-state index contributed by atoms with van der Waals surface area (Å²) in [5.41, 5.74) is 1.36. The molecule has 6 heteroatoms. The van der Waals surface area contributed by atoms with E-state index < -0.39 is 0 Å². The predicted octanol–water partition coefficient (Wildman–Crippen LogP) is 4.20. The fourth-order valence-electron chi connectivity index (χ4n) is 1.99. The van der Waals surface area contributed by atoms with Gasteiger partial charge in [0.05, 0.1) is 18.2 Å². The highest BCUT2D eigenvalue weighted by molar-refractivity contribution is 9.10. The molecule has 0 unspecified atom stereocenters. The van der Waals surface area contributed by atoms with Gasteiger partial charge in [-0.25, -0.2) is 4.98 Å². The highest BCUT2D eigenvalue weighted by Gasteiger charge is 2.16. The van der Waals surface area contributed by atoms with Crippen molar-refractivity contribution >= 4 is 27.7 Å². The van der Waals surface area contributed by atoms with Crippen LogP contribution in [0.4, 0.5) is 5.82 Å². The number of rotatable bonds is 6. The number of benzene rings is 1. The number of amides is 1. The van der Waals surface area contributed by atoms with Crippen LogP contribution < -0.4 is 14.8 Å². The summed E-state index contributed by atoms with van der Waals surface area (Å²) in [4.78, 5) is 16.6. The third-order valence-electron chi connectivity index (χ3n) is 3.18. The van der Waals surface area contributed by atoms with Crippen molar-refractivity contribution in [2.24, 2.45) is 0 Å². The molecule has 1 aromatic carbocycles. The summed E-state index contributed by atoms with van der Waals surface area (Å²) < 4.78 is 11.7. The first-order chi connectivity index (χ1) is 11.1. The van der Waals surface area contributed by atoms with Gasteiger partial charge in [0, 0.05) is 11.8 Å².